The molecule has 0 heterocycles. The van der Waals surface area contributed by atoms with Gasteiger partial charge in [0.15, 0.2) is 5.84 Å². The van der Waals surface area contributed by atoms with E-state index in [1.54, 1.807) is 37.4 Å². The fourth-order valence-electron chi connectivity index (χ4n) is 1.16. The van der Waals surface area contributed by atoms with E-state index in [2.05, 4.69) is 16.7 Å². The van der Waals surface area contributed by atoms with Crippen molar-refractivity contribution in [2.75, 3.05) is 0 Å². The number of hydrogen-bond acceptors (Lipinski definition) is 1. The summed E-state index contributed by atoms with van der Waals surface area (Å²) in [7, 11) is 0. The van der Waals surface area contributed by atoms with Crippen molar-refractivity contribution in [1.82, 2.24) is 0 Å². The predicted octanol–water partition coefficient (Wildman–Crippen LogP) is 4.14. The maximum Gasteiger partial charge on any atom is 0.161 e. The summed E-state index contributed by atoms with van der Waals surface area (Å²) in [6.45, 7) is 10.9. The Labute approximate surface area is 103 Å². The summed E-state index contributed by atoms with van der Waals surface area (Å²) in [4.78, 5) is 7.71. The van der Waals surface area contributed by atoms with Gasteiger partial charge in [-0.05, 0) is 32.2 Å². The molecule has 0 atom stereocenters. The lowest BCUT2D eigenvalue weighted by atomic mass is 10.1. The molecule has 0 aliphatic rings. The van der Waals surface area contributed by atoms with E-state index in [9.17, 15) is 4.39 Å². The van der Waals surface area contributed by atoms with Crippen molar-refractivity contribution in [3.63, 3.8) is 0 Å². The molecule has 0 spiro atoms. The molecule has 0 aromatic heterocycles. The number of hydrogen-bond donors (Lipinski definition) is 0. The molecule has 0 radical (unpaired) electrons. The summed E-state index contributed by atoms with van der Waals surface area (Å²) in [5.41, 5.74) is 0.951. The Balaban J connectivity index is 0.00000121. The van der Waals surface area contributed by atoms with Crippen LogP contribution in [0.2, 0.25) is 0 Å². The fraction of sp³-hybridized carbons (Fsp3) is 0.286. The number of benzene rings is 1. The van der Waals surface area contributed by atoms with Crippen LogP contribution in [0, 0.1) is 12.7 Å². The maximum absolute atomic E-state index is 13.7. The highest BCUT2D eigenvalue weighted by Crippen LogP contribution is 2.13. The fourth-order valence-corrected chi connectivity index (χ4v) is 1.16. The first-order valence-electron chi connectivity index (χ1n) is 5.62. The van der Waals surface area contributed by atoms with Gasteiger partial charge in [0.2, 0.25) is 0 Å². The molecule has 0 aliphatic carbocycles. The molecule has 1 aromatic carbocycles. The van der Waals surface area contributed by atoms with Crippen LogP contribution in [0.15, 0.2) is 40.5 Å². The van der Waals surface area contributed by atoms with Crippen molar-refractivity contribution in [3.05, 3.63) is 47.4 Å². The van der Waals surface area contributed by atoms with Gasteiger partial charge in [-0.25, -0.2) is 14.4 Å². The third kappa shape index (κ3) is 4.31. The lowest BCUT2D eigenvalue weighted by molar-refractivity contribution is 0.616. The number of aryl methyl sites for hydroxylation is 1. The number of halogens is 1. The van der Waals surface area contributed by atoms with Gasteiger partial charge in [-0.2, -0.15) is 0 Å². The summed E-state index contributed by atoms with van der Waals surface area (Å²) >= 11 is 0. The van der Waals surface area contributed by atoms with Gasteiger partial charge in [-0.15, -0.1) is 0 Å². The smallest absolute Gasteiger partial charge is 0.161 e. The number of aliphatic imine (C=N–C) groups is 2. The van der Waals surface area contributed by atoms with Gasteiger partial charge in [-0.1, -0.05) is 32.1 Å². The monoisotopic (exact) mass is 234 g/mol. The Kier molecular flexibility index (Phi) is 7.52. The second-order valence-electron chi connectivity index (χ2n) is 3.03. The van der Waals surface area contributed by atoms with Crippen molar-refractivity contribution in [3.8, 4) is 0 Å². The minimum Gasteiger partial charge on any atom is -0.244 e. The third-order valence-corrected chi connectivity index (χ3v) is 1.93. The van der Waals surface area contributed by atoms with Crippen LogP contribution in [0.5, 0.6) is 0 Å². The number of rotatable bonds is 2. The molecule has 0 amide bonds. The first-order chi connectivity index (χ1) is 8.20. The van der Waals surface area contributed by atoms with E-state index < -0.39 is 0 Å². The van der Waals surface area contributed by atoms with Gasteiger partial charge in [0.25, 0.3) is 0 Å². The van der Waals surface area contributed by atoms with E-state index in [1.807, 2.05) is 20.8 Å². The van der Waals surface area contributed by atoms with Crippen LogP contribution < -0.4 is 0 Å². The zero-order valence-corrected chi connectivity index (χ0v) is 10.9. The quantitative estimate of drug-likeness (QED) is 0.542. The molecule has 0 fully saturated rings. The van der Waals surface area contributed by atoms with Crippen molar-refractivity contribution in [2.45, 2.75) is 27.7 Å². The Bertz CT molecular complexity index is 420. The Morgan fingerprint density at radius 1 is 1.35 bits per heavy atom. The van der Waals surface area contributed by atoms with Gasteiger partial charge in [0.05, 0.1) is 5.56 Å². The highest BCUT2D eigenvalue weighted by molar-refractivity contribution is 6.02. The maximum atomic E-state index is 13.7. The summed E-state index contributed by atoms with van der Waals surface area (Å²) in [5, 5.41) is 0. The van der Waals surface area contributed by atoms with E-state index in [0.29, 0.717) is 17.0 Å². The molecule has 0 N–H and O–H groups in total. The summed E-state index contributed by atoms with van der Waals surface area (Å²) < 4.78 is 13.7. The van der Waals surface area contributed by atoms with Crippen LogP contribution in [0.3, 0.4) is 0 Å². The average molecular weight is 234 g/mol. The van der Waals surface area contributed by atoms with Gasteiger partial charge >= 0.3 is 0 Å². The number of nitrogens with zero attached hydrogens (tertiary/aromatic N) is 2. The molecule has 3 heteroatoms. The average Bonchev–Trinajstić information content (AvgIpc) is 2.37. The molecule has 0 aliphatic heterocycles. The molecule has 1 aromatic rings. The number of amidine groups is 1. The van der Waals surface area contributed by atoms with Crippen molar-refractivity contribution in [2.24, 2.45) is 9.98 Å². The topological polar surface area (TPSA) is 24.7 Å². The zero-order chi connectivity index (χ0) is 13.3. The Hall–Kier alpha value is -1.77. The van der Waals surface area contributed by atoms with Crippen LogP contribution in [0.1, 0.15) is 31.9 Å². The first-order valence-corrected chi connectivity index (χ1v) is 5.62. The first kappa shape index (κ1) is 15.2. The Morgan fingerprint density at radius 3 is 2.53 bits per heavy atom. The Morgan fingerprint density at radius 2 is 2.00 bits per heavy atom. The third-order valence-electron chi connectivity index (χ3n) is 1.93. The minimum absolute atomic E-state index is 0.298. The molecule has 2 nitrogen and oxygen atoms in total. The molecular formula is C14H19FN2. The van der Waals surface area contributed by atoms with E-state index in [-0.39, 0.29) is 5.82 Å². The largest absolute Gasteiger partial charge is 0.244 e. The van der Waals surface area contributed by atoms with Crippen LogP contribution in [-0.4, -0.2) is 12.6 Å². The highest BCUT2D eigenvalue weighted by Gasteiger charge is 2.08. The SMILES string of the molecule is C=NC(=N/C=C\C)c1cccc(C)c1F.CC. The zero-order valence-electron chi connectivity index (χ0n) is 10.9. The lowest BCUT2D eigenvalue weighted by Gasteiger charge is -2.03. The molecule has 0 unspecified atom stereocenters. The van der Waals surface area contributed by atoms with Gasteiger partial charge in [0.1, 0.15) is 5.82 Å². The van der Waals surface area contributed by atoms with E-state index >= 15 is 0 Å². The molecule has 1 rings (SSSR count). The van der Waals surface area contributed by atoms with Crippen LogP contribution in [0.4, 0.5) is 4.39 Å². The molecule has 0 saturated heterocycles. The lowest BCUT2D eigenvalue weighted by Crippen LogP contribution is -2.01. The highest BCUT2D eigenvalue weighted by atomic mass is 19.1. The molecular weight excluding hydrogens is 215 g/mol. The van der Waals surface area contributed by atoms with E-state index in [0.717, 1.165) is 0 Å². The van der Waals surface area contributed by atoms with Gasteiger partial charge in [-0.3, -0.25) is 0 Å². The molecule has 0 bridgehead atoms. The van der Waals surface area contributed by atoms with Crippen molar-refractivity contribution >= 4 is 12.6 Å². The standard InChI is InChI=1S/C12H13FN2.C2H6/c1-4-8-15-12(14-3)10-7-5-6-9(2)11(10)13;1-2/h4-8H,3H2,1-2H3;1-2H3/b8-4-,15-12?;. The predicted molar refractivity (Wildman–Crippen MR) is 73.4 cm³/mol. The second-order valence-corrected chi connectivity index (χ2v) is 3.03. The van der Waals surface area contributed by atoms with E-state index in [1.165, 1.54) is 0 Å². The van der Waals surface area contributed by atoms with Crippen molar-refractivity contribution in [1.29, 1.82) is 0 Å². The number of allylic oxidation sites excluding steroid dienone is 1. The normalized spacial score (nSPS) is 11.0. The summed E-state index contributed by atoms with van der Waals surface area (Å²) in [6, 6.07) is 5.11. The summed E-state index contributed by atoms with van der Waals surface area (Å²) in [5.74, 6) is 0.00227. The van der Waals surface area contributed by atoms with Gasteiger partial charge < -0.3 is 0 Å². The molecule has 0 saturated carbocycles. The van der Waals surface area contributed by atoms with Crippen molar-refractivity contribution < 1.29 is 4.39 Å². The van der Waals surface area contributed by atoms with Crippen LogP contribution in [-0.2, 0) is 0 Å². The molecule has 17 heavy (non-hydrogen) atoms. The van der Waals surface area contributed by atoms with Crippen LogP contribution >= 0.6 is 0 Å². The van der Waals surface area contributed by atoms with Crippen LogP contribution in [0.25, 0.3) is 0 Å². The van der Waals surface area contributed by atoms with E-state index in [4.69, 9.17) is 0 Å². The summed E-state index contributed by atoms with van der Waals surface area (Å²) in [6.07, 6.45) is 3.31. The second kappa shape index (κ2) is 8.39. The molecule has 92 valence electrons. The van der Waals surface area contributed by atoms with Gasteiger partial charge in [0, 0.05) is 6.20 Å². The minimum atomic E-state index is -0.298.